The summed E-state index contributed by atoms with van der Waals surface area (Å²) in [6, 6.07) is 9.41. The van der Waals surface area contributed by atoms with Crippen molar-refractivity contribution < 1.29 is 5.11 Å². The maximum atomic E-state index is 9.32. The van der Waals surface area contributed by atoms with Gasteiger partial charge in [0.05, 0.1) is 10.2 Å². The third-order valence-corrected chi connectivity index (χ3v) is 4.26. The Balaban J connectivity index is 1.68. The predicted molar refractivity (Wildman–Crippen MR) is 85.4 cm³/mol. The van der Waals surface area contributed by atoms with Crippen molar-refractivity contribution in [2.24, 2.45) is 0 Å². The number of hydrogen-bond acceptors (Lipinski definition) is 6. The van der Waals surface area contributed by atoms with E-state index in [1.165, 1.54) is 12.8 Å². The highest BCUT2D eigenvalue weighted by Gasteiger charge is 2.23. The van der Waals surface area contributed by atoms with Gasteiger partial charge in [-0.3, -0.25) is 0 Å². The van der Waals surface area contributed by atoms with Crippen LogP contribution in [0, 0.1) is 0 Å². The minimum atomic E-state index is 0.242. The molecule has 3 aromatic rings. The SMILES string of the molecule is Oc1ccc(Nc2nc(NC3CC3)c3sccc3n2)cc1. The first kappa shape index (κ1) is 12.4. The lowest BCUT2D eigenvalue weighted by molar-refractivity contribution is 0.475. The number of benzene rings is 1. The van der Waals surface area contributed by atoms with Gasteiger partial charge >= 0.3 is 0 Å². The van der Waals surface area contributed by atoms with Gasteiger partial charge in [0, 0.05) is 11.7 Å². The predicted octanol–water partition coefficient (Wildman–Crippen LogP) is 3.71. The Hall–Kier alpha value is -2.34. The lowest BCUT2D eigenvalue weighted by atomic mass is 10.3. The Labute approximate surface area is 125 Å². The average Bonchev–Trinajstić information content (AvgIpc) is 3.16. The van der Waals surface area contributed by atoms with Crippen molar-refractivity contribution in [2.45, 2.75) is 18.9 Å². The number of aromatic hydroxyl groups is 1. The standard InChI is InChI=1S/C15H14N4OS/c20-11-5-3-10(4-6-11)17-15-18-12-7-8-21-13(12)14(19-15)16-9-1-2-9/h3-9,20H,1-2H2,(H2,16,17,18,19). The molecule has 1 aliphatic carbocycles. The molecule has 0 saturated heterocycles. The fourth-order valence-corrected chi connectivity index (χ4v) is 2.90. The van der Waals surface area contributed by atoms with Gasteiger partial charge in [-0.2, -0.15) is 4.98 Å². The highest BCUT2D eigenvalue weighted by molar-refractivity contribution is 7.17. The number of thiophene rings is 1. The molecule has 0 aliphatic heterocycles. The first-order valence-electron chi connectivity index (χ1n) is 6.86. The molecule has 0 atom stereocenters. The Morgan fingerprint density at radius 3 is 2.67 bits per heavy atom. The minimum absolute atomic E-state index is 0.242. The third kappa shape index (κ3) is 2.62. The molecule has 0 bridgehead atoms. The molecular formula is C15H14N4OS. The summed E-state index contributed by atoms with van der Waals surface area (Å²) in [6.45, 7) is 0. The van der Waals surface area contributed by atoms with Crippen LogP contribution >= 0.6 is 11.3 Å². The highest BCUT2D eigenvalue weighted by Crippen LogP contribution is 2.32. The van der Waals surface area contributed by atoms with Crippen LogP contribution in [0.4, 0.5) is 17.5 Å². The third-order valence-electron chi connectivity index (χ3n) is 3.35. The van der Waals surface area contributed by atoms with Gasteiger partial charge in [0.15, 0.2) is 0 Å². The lowest BCUT2D eigenvalue weighted by Crippen LogP contribution is -2.06. The molecule has 0 radical (unpaired) electrons. The summed E-state index contributed by atoms with van der Waals surface area (Å²) < 4.78 is 1.10. The molecule has 0 unspecified atom stereocenters. The van der Waals surface area contributed by atoms with E-state index in [0.717, 1.165) is 21.7 Å². The molecule has 1 fully saturated rings. The fourth-order valence-electron chi connectivity index (χ4n) is 2.11. The molecule has 106 valence electrons. The normalized spacial score (nSPS) is 14.3. The second-order valence-electron chi connectivity index (χ2n) is 5.12. The average molecular weight is 298 g/mol. The molecule has 21 heavy (non-hydrogen) atoms. The topological polar surface area (TPSA) is 70.1 Å². The second-order valence-corrected chi connectivity index (χ2v) is 6.04. The van der Waals surface area contributed by atoms with E-state index in [-0.39, 0.29) is 5.75 Å². The minimum Gasteiger partial charge on any atom is -0.508 e. The molecule has 4 rings (SSSR count). The highest BCUT2D eigenvalue weighted by atomic mass is 32.1. The number of aromatic nitrogens is 2. The lowest BCUT2D eigenvalue weighted by Gasteiger charge is -2.09. The van der Waals surface area contributed by atoms with E-state index in [0.29, 0.717) is 12.0 Å². The van der Waals surface area contributed by atoms with Crippen LogP contribution in [-0.4, -0.2) is 21.1 Å². The maximum absolute atomic E-state index is 9.32. The summed E-state index contributed by atoms with van der Waals surface area (Å²) in [7, 11) is 0. The van der Waals surface area contributed by atoms with Crippen LogP contribution in [0.15, 0.2) is 35.7 Å². The molecule has 0 amide bonds. The summed E-state index contributed by atoms with van der Waals surface area (Å²) in [6.07, 6.45) is 2.41. The zero-order chi connectivity index (χ0) is 14.2. The van der Waals surface area contributed by atoms with E-state index in [2.05, 4.69) is 20.6 Å². The van der Waals surface area contributed by atoms with Crippen molar-refractivity contribution in [3.05, 3.63) is 35.7 Å². The van der Waals surface area contributed by atoms with Gasteiger partial charge < -0.3 is 15.7 Å². The van der Waals surface area contributed by atoms with E-state index in [1.807, 2.05) is 11.4 Å². The molecule has 2 heterocycles. The monoisotopic (exact) mass is 298 g/mol. The number of anilines is 3. The van der Waals surface area contributed by atoms with Crippen LogP contribution < -0.4 is 10.6 Å². The van der Waals surface area contributed by atoms with Crippen LogP contribution in [0.25, 0.3) is 10.2 Å². The van der Waals surface area contributed by atoms with Crippen molar-refractivity contribution in [3.63, 3.8) is 0 Å². The fraction of sp³-hybridized carbons (Fsp3) is 0.200. The first-order valence-corrected chi connectivity index (χ1v) is 7.74. The number of nitrogens with zero attached hydrogens (tertiary/aromatic N) is 2. The Morgan fingerprint density at radius 1 is 1.10 bits per heavy atom. The summed E-state index contributed by atoms with van der Waals surface area (Å²) >= 11 is 1.65. The Morgan fingerprint density at radius 2 is 1.90 bits per heavy atom. The van der Waals surface area contributed by atoms with Crippen LogP contribution in [0.3, 0.4) is 0 Å². The number of hydrogen-bond donors (Lipinski definition) is 3. The summed E-state index contributed by atoms with van der Waals surface area (Å²) in [4.78, 5) is 9.11. The molecule has 1 aliphatic rings. The molecule has 1 saturated carbocycles. The number of nitrogens with one attached hydrogen (secondary N) is 2. The summed E-state index contributed by atoms with van der Waals surface area (Å²) in [5.74, 6) is 1.71. The van der Waals surface area contributed by atoms with Crippen molar-refractivity contribution in [1.29, 1.82) is 0 Å². The molecule has 5 nitrogen and oxygen atoms in total. The van der Waals surface area contributed by atoms with Gasteiger partial charge in [-0.25, -0.2) is 4.98 Å². The number of phenolic OH excluding ortho intramolecular Hbond substituents is 1. The molecule has 1 aromatic carbocycles. The van der Waals surface area contributed by atoms with Crippen LogP contribution in [0.1, 0.15) is 12.8 Å². The molecular weight excluding hydrogens is 284 g/mol. The van der Waals surface area contributed by atoms with Crippen molar-refractivity contribution in [2.75, 3.05) is 10.6 Å². The van der Waals surface area contributed by atoms with Crippen LogP contribution in [-0.2, 0) is 0 Å². The van der Waals surface area contributed by atoms with E-state index in [4.69, 9.17) is 0 Å². The largest absolute Gasteiger partial charge is 0.508 e. The first-order chi connectivity index (χ1) is 10.3. The van der Waals surface area contributed by atoms with Gasteiger partial charge in [-0.05, 0) is 48.6 Å². The zero-order valence-corrected chi connectivity index (χ0v) is 12.0. The van der Waals surface area contributed by atoms with E-state index in [9.17, 15) is 5.11 Å². The maximum Gasteiger partial charge on any atom is 0.229 e. The van der Waals surface area contributed by atoms with Gasteiger partial charge in [0.2, 0.25) is 5.95 Å². The van der Waals surface area contributed by atoms with Crippen molar-refractivity contribution in [1.82, 2.24) is 9.97 Å². The molecule has 0 spiro atoms. The van der Waals surface area contributed by atoms with E-state index in [1.54, 1.807) is 35.6 Å². The van der Waals surface area contributed by atoms with E-state index >= 15 is 0 Å². The van der Waals surface area contributed by atoms with Crippen molar-refractivity contribution >= 4 is 39.0 Å². The van der Waals surface area contributed by atoms with Gasteiger partial charge in [0.1, 0.15) is 11.6 Å². The summed E-state index contributed by atoms with van der Waals surface area (Å²) in [5, 5.41) is 18.0. The number of phenols is 1. The summed E-state index contributed by atoms with van der Waals surface area (Å²) in [5.41, 5.74) is 1.79. The molecule has 2 aromatic heterocycles. The Bertz CT molecular complexity index is 780. The van der Waals surface area contributed by atoms with Gasteiger partial charge in [0.25, 0.3) is 0 Å². The molecule has 3 N–H and O–H groups in total. The number of rotatable bonds is 4. The zero-order valence-electron chi connectivity index (χ0n) is 11.2. The second kappa shape index (κ2) is 4.89. The van der Waals surface area contributed by atoms with Crippen LogP contribution in [0.5, 0.6) is 5.75 Å². The van der Waals surface area contributed by atoms with Crippen LogP contribution in [0.2, 0.25) is 0 Å². The van der Waals surface area contributed by atoms with Gasteiger partial charge in [-0.15, -0.1) is 11.3 Å². The van der Waals surface area contributed by atoms with Gasteiger partial charge in [-0.1, -0.05) is 0 Å². The smallest absolute Gasteiger partial charge is 0.229 e. The number of fused-ring (bicyclic) bond motifs is 1. The Kier molecular flexibility index (Phi) is 2.89. The van der Waals surface area contributed by atoms with Crippen molar-refractivity contribution in [3.8, 4) is 5.75 Å². The quantitative estimate of drug-likeness (QED) is 0.640. The molecule has 6 heteroatoms. The van der Waals surface area contributed by atoms with E-state index < -0.39 is 0 Å².